The van der Waals surface area contributed by atoms with Crippen LogP contribution in [-0.2, 0) is 0 Å². The number of nitrogens with zero attached hydrogens (tertiary/aromatic N) is 7. The fourth-order valence-corrected chi connectivity index (χ4v) is 5.23. The number of rotatable bonds is 6. The van der Waals surface area contributed by atoms with E-state index in [1.807, 2.05) is 16.8 Å². The van der Waals surface area contributed by atoms with Gasteiger partial charge in [-0.2, -0.15) is 0 Å². The molecule has 5 N–H and O–H groups in total. The van der Waals surface area contributed by atoms with Crippen LogP contribution in [0.2, 0.25) is 0 Å². The Balaban J connectivity index is 1.23. The summed E-state index contributed by atoms with van der Waals surface area (Å²) < 4.78 is 7.50. The molecule has 0 radical (unpaired) electrons. The van der Waals surface area contributed by atoms with Crippen LogP contribution >= 0.6 is 0 Å². The molecule has 0 amide bonds. The molecule has 2 aliphatic rings. The molecule has 2 fully saturated rings. The van der Waals surface area contributed by atoms with Crippen molar-refractivity contribution in [3.05, 3.63) is 49.4 Å². The molecule has 38 heavy (non-hydrogen) atoms. The maximum Gasteiger partial charge on any atom is 0.227 e. The van der Waals surface area contributed by atoms with E-state index in [2.05, 4.69) is 44.2 Å². The van der Waals surface area contributed by atoms with Crippen LogP contribution in [0.3, 0.4) is 0 Å². The summed E-state index contributed by atoms with van der Waals surface area (Å²) >= 11 is 0. The Hall–Kier alpha value is -3.83. The largest absolute Gasteiger partial charge is 0.443 e. The number of anilines is 3. The van der Waals surface area contributed by atoms with Gasteiger partial charge in [-0.3, -0.25) is 0 Å². The number of benzene rings is 1. The Kier molecular flexibility index (Phi) is 6.54. The molecule has 1 aromatic carbocycles. The van der Waals surface area contributed by atoms with E-state index in [1.165, 1.54) is 12.1 Å². The zero-order valence-electron chi connectivity index (χ0n) is 21.6. The van der Waals surface area contributed by atoms with Gasteiger partial charge >= 0.3 is 0 Å². The molecule has 4 heterocycles. The molecule has 1 aliphatic carbocycles. The van der Waals surface area contributed by atoms with Crippen LogP contribution in [0.15, 0.2) is 53.8 Å². The lowest BCUT2D eigenvalue weighted by molar-refractivity contribution is 0.304. The predicted octanol–water partition coefficient (Wildman–Crippen LogP) is 3.89. The number of nitrogens with one attached hydrogen (secondary N) is 1. The molecule has 0 unspecified atom stereocenters. The van der Waals surface area contributed by atoms with Gasteiger partial charge in [0.15, 0.2) is 12.2 Å². The second-order valence-electron chi connectivity index (χ2n) is 10.8. The zero-order valence-corrected chi connectivity index (χ0v) is 21.6. The number of hydrogen-bond acceptors (Lipinski definition) is 10. The number of nitrogens with two attached hydrogens (primary N) is 2. The van der Waals surface area contributed by atoms with Gasteiger partial charge in [-0.05, 0) is 69.7 Å². The summed E-state index contributed by atoms with van der Waals surface area (Å²) in [7, 11) is 0. The van der Waals surface area contributed by atoms with Gasteiger partial charge in [-0.15, -0.1) is 5.10 Å². The predicted molar refractivity (Wildman–Crippen MR) is 146 cm³/mol. The van der Waals surface area contributed by atoms with Gasteiger partial charge in [-0.25, -0.2) is 24.6 Å². The summed E-state index contributed by atoms with van der Waals surface area (Å²) in [5, 5.41) is 8.11. The van der Waals surface area contributed by atoms with E-state index in [4.69, 9.17) is 26.0 Å². The lowest BCUT2D eigenvalue weighted by Crippen LogP contribution is -2.48. The van der Waals surface area contributed by atoms with Gasteiger partial charge in [0.2, 0.25) is 11.8 Å². The van der Waals surface area contributed by atoms with Gasteiger partial charge in [0.25, 0.3) is 0 Å². The van der Waals surface area contributed by atoms with Gasteiger partial charge in [0.05, 0.1) is 17.8 Å². The Labute approximate surface area is 221 Å². The second-order valence-corrected chi connectivity index (χ2v) is 10.8. The van der Waals surface area contributed by atoms with Gasteiger partial charge in [0, 0.05) is 42.2 Å². The monoisotopic (exact) mass is 514 g/mol. The summed E-state index contributed by atoms with van der Waals surface area (Å²) in [6, 6.07) is 8.88. The maximum atomic E-state index is 6.29. The van der Waals surface area contributed by atoms with E-state index in [0.717, 1.165) is 57.3 Å². The van der Waals surface area contributed by atoms with Crippen LogP contribution in [0, 0.1) is 0 Å². The Bertz CT molecular complexity index is 1350. The SMILES string of the molecule is CC1(N)CCN(c2ccc(Nc3ncc(-c4cnco4)c(-c4ncn(C5CCC(N)CC5)n4)n3)cc2)CC1. The number of aromatic nitrogens is 6. The number of oxazole rings is 1. The van der Waals surface area contributed by atoms with Crippen LogP contribution in [0.25, 0.3) is 22.8 Å². The third-order valence-corrected chi connectivity index (χ3v) is 7.72. The molecule has 11 heteroatoms. The maximum absolute atomic E-state index is 6.29. The van der Waals surface area contributed by atoms with Crippen molar-refractivity contribution < 1.29 is 4.42 Å². The van der Waals surface area contributed by atoms with E-state index < -0.39 is 0 Å². The van der Waals surface area contributed by atoms with Crippen molar-refractivity contribution in [3.63, 3.8) is 0 Å². The molecule has 6 rings (SSSR count). The molecule has 3 aromatic heterocycles. The number of hydrogen-bond donors (Lipinski definition) is 3. The highest BCUT2D eigenvalue weighted by atomic mass is 16.3. The van der Waals surface area contributed by atoms with Crippen LogP contribution in [0.4, 0.5) is 17.3 Å². The minimum absolute atomic E-state index is 0.0699. The van der Waals surface area contributed by atoms with Crippen LogP contribution in [0.5, 0.6) is 0 Å². The van der Waals surface area contributed by atoms with Crippen molar-refractivity contribution in [2.75, 3.05) is 23.3 Å². The van der Waals surface area contributed by atoms with Crippen LogP contribution in [-0.4, -0.2) is 54.4 Å². The van der Waals surface area contributed by atoms with E-state index in [0.29, 0.717) is 34.8 Å². The fraction of sp³-hybridized carbons (Fsp3) is 0.444. The van der Waals surface area contributed by atoms with Crippen LogP contribution in [0.1, 0.15) is 51.5 Å². The first-order valence-electron chi connectivity index (χ1n) is 13.3. The molecule has 198 valence electrons. The molecule has 11 nitrogen and oxygen atoms in total. The minimum atomic E-state index is -0.0699. The Morgan fingerprint density at radius 1 is 1.03 bits per heavy atom. The Morgan fingerprint density at radius 3 is 2.50 bits per heavy atom. The molecule has 4 aromatic rings. The van der Waals surface area contributed by atoms with Crippen molar-refractivity contribution >= 4 is 17.3 Å². The highest BCUT2D eigenvalue weighted by Gasteiger charge is 2.26. The normalized spacial score (nSPS) is 21.4. The van der Waals surface area contributed by atoms with E-state index in [9.17, 15) is 0 Å². The first kappa shape index (κ1) is 24.5. The summed E-state index contributed by atoms with van der Waals surface area (Å²) in [6.45, 7) is 4.05. The molecular weight excluding hydrogens is 480 g/mol. The van der Waals surface area contributed by atoms with Crippen molar-refractivity contribution in [1.29, 1.82) is 0 Å². The van der Waals surface area contributed by atoms with Crippen LogP contribution < -0.4 is 21.7 Å². The first-order chi connectivity index (χ1) is 18.4. The third-order valence-electron chi connectivity index (χ3n) is 7.72. The van der Waals surface area contributed by atoms with E-state index >= 15 is 0 Å². The highest BCUT2D eigenvalue weighted by molar-refractivity contribution is 5.75. The standard InChI is InChI=1S/C27H34N10O/c1-27(29)10-12-36(13-11-27)20-8-4-19(5-9-20)33-26-31-14-22(23-15-30-17-38-23)24(34-26)25-32-16-37(35-25)21-6-2-18(28)3-7-21/h4-5,8-9,14-18,21H,2-3,6-7,10-13,28-29H2,1H3,(H,31,33,34). The average Bonchev–Trinajstić information content (AvgIpc) is 3.63. The molecule has 0 atom stereocenters. The van der Waals surface area contributed by atoms with Crippen molar-refractivity contribution in [2.45, 2.75) is 63.1 Å². The molecule has 1 saturated carbocycles. The molecule has 1 aliphatic heterocycles. The number of piperidine rings is 1. The second kappa shape index (κ2) is 10.1. The zero-order chi connectivity index (χ0) is 26.1. The van der Waals surface area contributed by atoms with Crippen molar-refractivity contribution in [1.82, 2.24) is 29.7 Å². The average molecular weight is 515 g/mol. The summed E-state index contributed by atoms with van der Waals surface area (Å²) in [5.74, 6) is 1.53. The quantitative estimate of drug-likeness (QED) is 0.346. The first-order valence-corrected chi connectivity index (χ1v) is 13.3. The third kappa shape index (κ3) is 5.25. The fourth-order valence-electron chi connectivity index (χ4n) is 5.23. The van der Waals surface area contributed by atoms with E-state index in [1.54, 1.807) is 18.7 Å². The summed E-state index contributed by atoms with van der Waals surface area (Å²) in [4.78, 5) is 20.4. The molecule has 0 bridgehead atoms. The van der Waals surface area contributed by atoms with E-state index in [-0.39, 0.29) is 11.6 Å². The minimum Gasteiger partial charge on any atom is -0.443 e. The van der Waals surface area contributed by atoms with Crippen molar-refractivity contribution in [3.8, 4) is 22.8 Å². The lowest BCUT2D eigenvalue weighted by Gasteiger charge is -2.38. The smallest absolute Gasteiger partial charge is 0.227 e. The highest BCUT2D eigenvalue weighted by Crippen LogP contribution is 2.32. The lowest BCUT2D eigenvalue weighted by atomic mass is 9.91. The van der Waals surface area contributed by atoms with Gasteiger partial charge in [-0.1, -0.05) is 0 Å². The Morgan fingerprint density at radius 2 is 1.79 bits per heavy atom. The topological polar surface area (TPSA) is 150 Å². The summed E-state index contributed by atoms with van der Waals surface area (Å²) in [5.41, 5.74) is 15.7. The van der Waals surface area contributed by atoms with Gasteiger partial charge < -0.3 is 26.1 Å². The summed E-state index contributed by atoms with van der Waals surface area (Å²) in [6.07, 6.45) is 12.5. The molecule has 0 spiro atoms. The van der Waals surface area contributed by atoms with Crippen molar-refractivity contribution in [2.24, 2.45) is 11.5 Å². The molecular formula is C27H34N10O. The van der Waals surface area contributed by atoms with Gasteiger partial charge in [0.1, 0.15) is 12.0 Å². The molecule has 1 saturated heterocycles.